The molecule has 5 nitrogen and oxygen atoms in total. The van der Waals surface area contributed by atoms with Gasteiger partial charge in [0.05, 0.1) is 23.2 Å². The lowest BCUT2D eigenvalue weighted by Crippen LogP contribution is -2.12. The van der Waals surface area contributed by atoms with Crippen LogP contribution in [0.2, 0.25) is 0 Å². The summed E-state index contributed by atoms with van der Waals surface area (Å²) in [7, 11) is 1.59. The summed E-state index contributed by atoms with van der Waals surface area (Å²) in [5.74, 6) is 0.0694. The first-order chi connectivity index (χ1) is 12.4. The highest BCUT2D eigenvalue weighted by Crippen LogP contribution is 2.26. The van der Waals surface area contributed by atoms with Crippen LogP contribution in [0.1, 0.15) is 29.8 Å². The number of carbonyl (C=O) groups is 2. The van der Waals surface area contributed by atoms with E-state index in [-0.39, 0.29) is 18.0 Å². The lowest BCUT2D eigenvalue weighted by molar-refractivity contribution is -0.111. The molecular weight excluding hydrogens is 398 g/mol. The van der Waals surface area contributed by atoms with Crippen LogP contribution < -0.4 is 10.1 Å². The number of halogens is 1. The minimum Gasteiger partial charge on any atom is -0.496 e. The summed E-state index contributed by atoms with van der Waals surface area (Å²) in [6, 6.07) is 12.1. The van der Waals surface area contributed by atoms with Gasteiger partial charge in [-0.05, 0) is 77.8 Å². The van der Waals surface area contributed by atoms with Crippen LogP contribution in [0.25, 0.3) is 6.08 Å². The lowest BCUT2D eigenvalue weighted by Gasteiger charge is -2.08. The third-order valence-corrected chi connectivity index (χ3v) is 3.95. The van der Waals surface area contributed by atoms with E-state index >= 15 is 0 Å². The quantitative estimate of drug-likeness (QED) is 0.547. The van der Waals surface area contributed by atoms with Crippen LogP contribution in [0.5, 0.6) is 5.75 Å². The monoisotopic (exact) mass is 417 g/mol. The van der Waals surface area contributed by atoms with Crippen molar-refractivity contribution in [3.05, 3.63) is 64.1 Å². The molecule has 0 aliphatic heterocycles. The van der Waals surface area contributed by atoms with Gasteiger partial charge in [-0.25, -0.2) is 4.79 Å². The molecule has 0 aliphatic rings. The lowest BCUT2D eigenvalue weighted by atomic mass is 10.2. The van der Waals surface area contributed by atoms with Crippen LogP contribution in [0.4, 0.5) is 5.69 Å². The second kappa shape index (κ2) is 9.20. The van der Waals surface area contributed by atoms with E-state index in [1.54, 1.807) is 51.3 Å². The summed E-state index contributed by atoms with van der Waals surface area (Å²) in [6.07, 6.45) is 2.97. The van der Waals surface area contributed by atoms with Crippen molar-refractivity contribution in [3.8, 4) is 5.75 Å². The van der Waals surface area contributed by atoms with E-state index in [2.05, 4.69) is 21.2 Å². The summed E-state index contributed by atoms with van der Waals surface area (Å²) in [6.45, 7) is 3.58. The SMILES string of the molecule is COc1ccc(/C=C/C(=O)Nc2ccc(C(=O)OC(C)C)cc2)cc1Br. The Morgan fingerprint density at radius 1 is 1.12 bits per heavy atom. The molecule has 0 fully saturated rings. The molecule has 0 aromatic heterocycles. The highest BCUT2D eigenvalue weighted by Gasteiger charge is 2.09. The predicted octanol–water partition coefficient (Wildman–Crippen LogP) is 4.67. The van der Waals surface area contributed by atoms with Crippen molar-refractivity contribution in [3.63, 3.8) is 0 Å². The Hall–Kier alpha value is -2.60. The zero-order chi connectivity index (χ0) is 19.1. The molecule has 0 saturated carbocycles. The van der Waals surface area contributed by atoms with Crippen LogP contribution >= 0.6 is 15.9 Å². The van der Waals surface area contributed by atoms with Gasteiger partial charge in [-0.15, -0.1) is 0 Å². The van der Waals surface area contributed by atoms with Crippen molar-refractivity contribution < 1.29 is 19.1 Å². The number of hydrogen-bond acceptors (Lipinski definition) is 4. The number of methoxy groups -OCH3 is 1. The Balaban J connectivity index is 1.97. The van der Waals surface area contributed by atoms with Crippen molar-refractivity contribution in [2.45, 2.75) is 20.0 Å². The van der Waals surface area contributed by atoms with Gasteiger partial charge in [-0.1, -0.05) is 6.07 Å². The van der Waals surface area contributed by atoms with Gasteiger partial charge < -0.3 is 14.8 Å². The second-order valence-corrected chi connectivity index (χ2v) is 6.60. The maximum absolute atomic E-state index is 12.0. The van der Waals surface area contributed by atoms with Crippen LogP contribution in [0.3, 0.4) is 0 Å². The molecule has 2 aromatic carbocycles. The van der Waals surface area contributed by atoms with Crippen molar-refractivity contribution in [2.75, 3.05) is 12.4 Å². The molecule has 0 spiro atoms. The summed E-state index contributed by atoms with van der Waals surface area (Å²) < 4.78 is 11.1. The molecule has 1 amide bonds. The van der Waals surface area contributed by atoms with Crippen molar-refractivity contribution in [2.24, 2.45) is 0 Å². The number of benzene rings is 2. The van der Waals surface area contributed by atoms with Gasteiger partial charge >= 0.3 is 5.97 Å². The van der Waals surface area contributed by atoms with Crippen LogP contribution in [0.15, 0.2) is 53.0 Å². The molecule has 0 saturated heterocycles. The smallest absolute Gasteiger partial charge is 0.338 e. The zero-order valence-electron chi connectivity index (χ0n) is 14.8. The van der Waals surface area contributed by atoms with E-state index in [9.17, 15) is 9.59 Å². The number of hydrogen-bond donors (Lipinski definition) is 1. The molecule has 2 rings (SSSR count). The number of ether oxygens (including phenoxy) is 2. The Morgan fingerprint density at radius 3 is 2.38 bits per heavy atom. The Kier molecular flexibility index (Phi) is 6.97. The third kappa shape index (κ3) is 5.74. The van der Waals surface area contributed by atoms with Gasteiger partial charge in [0, 0.05) is 11.8 Å². The van der Waals surface area contributed by atoms with E-state index < -0.39 is 0 Å². The maximum atomic E-state index is 12.0. The van der Waals surface area contributed by atoms with Crippen LogP contribution in [-0.4, -0.2) is 25.1 Å². The minimum atomic E-state index is -0.386. The highest BCUT2D eigenvalue weighted by atomic mass is 79.9. The van der Waals surface area contributed by atoms with E-state index in [1.807, 2.05) is 18.2 Å². The van der Waals surface area contributed by atoms with E-state index in [1.165, 1.54) is 6.08 Å². The predicted molar refractivity (Wildman–Crippen MR) is 105 cm³/mol. The van der Waals surface area contributed by atoms with Gasteiger partial charge in [-0.2, -0.15) is 0 Å². The fourth-order valence-corrected chi connectivity index (χ4v) is 2.67. The normalized spacial score (nSPS) is 10.8. The highest BCUT2D eigenvalue weighted by molar-refractivity contribution is 9.10. The molecule has 136 valence electrons. The summed E-state index contributed by atoms with van der Waals surface area (Å²) in [5.41, 5.74) is 1.89. The number of anilines is 1. The first kappa shape index (κ1) is 19.7. The minimum absolute atomic E-state index is 0.176. The summed E-state index contributed by atoms with van der Waals surface area (Å²) in [4.78, 5) is 23.8. The van der Waals surface area contributed by atoms with Gasteiger partial charge in [0.1, 0.15) is 5.75 Å². The fraction of sp³-hybridized carbons (Fsp3) is 0.200. The molecule has 1 N–H and O–H groups in total. The van der Waals surface area contributed by atoms with Crippen molar-refractivity contribution >= 4 is 39.6 Å². The third-order valence-electron chi connectivity index (χ3n) is 3.33. The Labute approximate surface area is 161 Å². The zero-order valence-corrected chi connectivity index (χ0v) is 16.4. The van der Waals surface area contributed by atoms with E-state index in [0.717, 1.165) is 15.8 Å². The number of rotatable bonds is 6. The van der Waals surface area contributed by atoms with Gasteiger partial charge in [0.25, 0.3) is 0 Å². The Bertz CT molecular complexity index is 813. The molecule has 26 heavy (non-hydrogen) atoms. The number of esters is 1. The van der Waals surface area contributed by atoms with E-state index in [4.69, 9.17) is 9.47 Å². The summed E-state index contributed by atoms with van der Waals surface area (Å²) in [5, 5.41) is 2.74. The number of carbonyl (C=O) groups excluding carboxylic acids is 2. The van der Waals surface area contributed by atoms with Crippen molar-refractivity contribution in [1.29, 1.82) is 0 Å². The Morgan fingerprint density at radius 2 is 1.81 bits per heavy atom. The molecular formula is C20H20BrNO4. The second-order valence-electron chi connectivity index (χ2n) is 5.75. The summed E-state index contributed by atoms with van der Waals surface area (Å²) >= 11 is 3.40. The van der Waals surface area contributed by atoms with Gasteiger partial charge in [0.15, 0.2) is 0 Å². The molecule has 2 aromatic rings. The first-order valence-electron chi connectivity index (χ1n) is 8.02. The molecule has 0 radical (unpaired) electrons. The molecule has 6 heteroatoms. The average Bonchev–Trinajstić information content (AvgIpc) is 2.60. The largest absolute Gasteiger partial charge is 0.496 e. The topological polar surface area (TPSA) is 64.6 Å². The van der Waals surface area contributed by atoms with Gasteiger partial charge in [-0.3, -0.25) is 4.79 Å². The number of amides is 1. The molecule has 0 aliphatic carbocycles. The van der Waals surface area contributed by atoms with Crippen molar-refractivity contribution in [1.82, 2.24) is 0 Å². The molecule has 0 atom stereocenters. The maximum Gasteiger partial charge on any atom is 0.338 e. The average molecular weight is 418 g/mol. The first-order valence-corrected chi connectivity index (χ1v) is 8.82. The molecule has 0 heterocycles. The van der Waals surface area contributed by atoms with Crippen LogP contribution in [0, 0.1) is 0 Å². The van der Waals surface area contributed by atoms with Crippen LogP contribution in [-0.2, 0) is 9.53 Å². The molecule has 0 unspecified atom stereocenters. The van der Waals surface area contributed by atoms with E-state index in [0.29, 0.717) is 11.3 Å². The number of nitrogens with one attached hydrogen (secondary N) is 1. The van der Waals surface area contributed by atoms with Gasteiger partial charge in [0.2, 0.25) is 5.91 Å². The standard InChI is InChI=1S/C20H20BrNO4/c1-13(2)26-20(24)15-6-8-16(9-7-15)22-19(23)11-5-14-4-10-18(25-3)17(21)12-14/h4-13H,1-3H3,(H,22,23)/b11-5+. The molecule has 0 bridgehead atoms. The fourth-order valence-electron chi connectivity index (χ4n) is 2.11.